The molecule has 3 atom stereocenters. The van der Waals surface area contributed by atoms with Crippen molar-refractivity contribution in [2.45, 2.75) is 111 Å². The molecule has 0 aliphatic carbocycles. The number of unbranched alkanes of at least 4 members (excludes halogenated alkanes) is 5. The van der Waals surface area contributed by atoms with Gasteiger partial charge in [0.25, 0.3) is 0 Å². The van der Waals surface area contributed by atoms with Crippen LogP contribution < -0.4 is 0 Å². The highest BCUT2D eigenvalue weighted by Crippen LogP contribution is 2.21. The van der Waals surface area contributed by atoms with E-state index >= 15 is 0 Å². The van der Waals surface area contributed by atoms with E-state index in [2.05, 4.69) is 20.8 Å². The fourth-order valence-corrected chi connectivity index (χ4v) is 2.85. The van der Waals surface area contributed by atoms with Crippen molar-refractivity contribution < 1.29 is 9.53 Å². The fourth-order valence-electron chi connectivity index (χ4n) is 2.85. The quantitative estimate of drug-likeness (QED) is 0.269. The second-order valence-electron chi connectivity index (χ2n) is 7.12. The third kappa shape index (κ3) is 12.1. The summed E-state index contributed by atoms with van der Waals surface area (Å²) in [4.78, 5) is 11.3. The van der Waals surface area contributed by atoms with E-state index in [9.17, 15) is 4.79 Å². The second kappa shape index (κ2) is 14.1. The summed E-state index contributed by atoms with van der Waals surface area (Å²) in [5, 5.41) is 0. The van der Waals surface area contributed by atoms with Crippen LogP contribution >= 0.6 is 0 Å². The molecule has 0 saturated heterocycles. The van der Waals surface area contributed by atoms with Crippen LogP contribution in [0.1, 0.15) is 105 Å². The van der Waals surface area contributed by atoms with Crippen molar-refractivity contribution in [3.05, 3.63) is 0 Å². The van der Waals surface area contributed by atoms with Gasteiger partial charge in [-0.15, -0.1) is 0 Å². The average molecular weight is 313 g/mol. The molecule has 0 fully saturated rings. The first kappa shape index (κ1) is 21.5. The summed E-state index contributed by atoms with van der Waals surface area (Å²) in [6, 6.07) is 0. The van der Waals surface area contributed by atoms with Crippen molar-refractivity contribution in [3.8, 4) is 0 Å². The number of carbonyl (C=O) groups excluding carboxylic acids is 1. The molecule has 132 valence electrons. The lowest BCUT2D eigenvalue weighted by atomic mass is 9.92. The number of carbonyl (C=O) groups is 1. The van der Waals surface area contributed by atoms with Gasteiger partial charge in [-0.3, -0.25) is 4.79 Å². The zero-order valence-electron chi connectivity index (χ0n) is 15.8. The Balaban J connectivity index is 3.57. The van der Waals surface area contributed by atoms with Gasteiger partial charge in [0, 0.05) is 6.42 Å². The fraction of sp³-hybridized carbons (Fsp3) is 0.950. The van der Waals surface area contributed by atoms with Crippen LogP contribution in [-0.4, -0.2) is 12.1 Å². The van der Waals surface area contributed by atoms with E-state index in [1.807, 2.05) is 13.8 Å². The number of ether oxygens (including phenoxy) is 1. The van der Waals surface area contributed by atoms with Crippen LogP contribution in [-0.2, 0) is 9.53 Å². The van der Waals surface area contributed by atoms with Gasteiger partial charge in [-0.2, -0.15) is 0 Å². The minimum absolute atomic E-state index is 0.0568. The third-order valence-electron chi connectivity index (χ3n) is 4.81. The number of rotatable bonds is 14. The molecule has 0 aliphatic rings. The van der Waals surface area contributed by atoms with Crippen LogP contribution in [0.2, 0.25) is 0 Å². The van der Waals surface area contributed by atoms with Gasteiger partial charge in [0.15, 0.2) is 0 Å². The molecule has 0 aromatic carbocycles. The van der Waals surface area contributed by atoms with Crippen molar-refractivity contribution in [1.29, 1.82) is 0 Å². The predicted octanol–water partition coefficient (Wildman–Crippen LogP) is 6.52. The monoisotopic (exact) mass is 312 g/mol. The summed E-state index contributed by atoms with van der Waals surface area (Å²) in [5.41, 5.74) is 0. The van der Waals surface area contributed by atoms with Gasteiger partial charge in [-0.25, -0.2) is 0 Å². The largest absolute Gasteiger partial charge is 0.462 e. The summed E-state index contributed by atoms with van der Waals surface area (Å²) in [7, 11) is 0. The van der Waals surface area contributed by atoms with Crippen LogP contribution in [0.4, 0.5) is 0 Å². The van der Waals surface area contributed by atoms with Crippen molar-refractivity contribution in [2.75, 3.05) is 0 Å². The number of hydrogen-bond acceptors (Lipinski definition) is 2. The van der Waals surface area contributed by atoms with E-state index in [1.165, 1.54) is 64.2 Å². The van der Waals surface area contributed by atoms with Crippen LogP contribution in [0.3, 0.4) is 0 Å². The Morgan fingerprint density at radius 3 is 2.05 bits per heavy atom. The van der Waals surface area contributed by atoms with Gasteiger partial charge in [-0.05, 0) is 25.2 Å². The Bertz CT molecular complexity index is 262. The van der Waals surface area contributed by atoms with Crippen LogP contribution in [0, 0.1) is 11.8 Å². The first-order valence-corrected chi connectivity index (χ1v) is 9.70. The molecule has 0 aromatic heterocycles. The molecule has 22 heavy (non-hydrogen) atoms. The smallest absolute Gasteiger partial charge is 0.305 e. The lowest BCUT2D eigenvalue weighted by Gasteiger charge is -2.21. The summed E-state index contributed by atoms with van der Waals surface area (Å²) in [5.74, 6) is 1.24. The predicted molar refractivity (Wildman–Crippen MR) is 96.0 cm³/mol. The molecule has 0 heterocycles. The highest BCUT2D eigenvalue weighted by Gasteiger charge is 2.16. The lowest BCUT2D eigenvalue weighted by Crippen LogP contribution is -2.21. The second-order valence-corrected chi connectivity index (χ2v) is 7.12. The molecule has 0 N–H and O–H groups in total. The first-order chi connectivity index (χ1) is 10.5. The molecular weight excluding hydrogens is 272 g/mol. The molecule has 0 unspecified atom stereocenters. The standard InChI is InChI=1S/C20H40O2/c1-6-8-9-10-11-12-14-17(3)15-13-16-18(4)19(5)22-20(21)7-2/h17-19H,6-16H2,1-5H3/t17-,18-,19-/m0/s1. The van der Waals surface area contributed by atoms with Gasteiger partial charge in [-0.1, -0.05) is 85.5 Å². The Labute approximate surface area is 139 Å². The first-order valence-electron chi connectivity index (χ1n) is 9.70. The Kier molecular flexibility index (Phi) is 13.7. The molecular formula is C20H40O2. The molecule has 0 aromatic rings. The molecule has 0 radical (unpaired) electrons. The van der Waals surface area contributed by atoms with Gasteiger partial charge in [0.05, 0.1) is 0 Å². The number of esters is 1. The molecule has 0 bridgehead atoms. The maximum absolute atomic E-state index is 11.3. The lowest BCUT2D eigenvalue weighted by molar-refractivity contribution is -0.150. The summed E-state index contributed by atoms with van der Waals surface area (Å²) < 4.78 is 5.39. The molecule has 2 nitrogen and oxygen atoms in total. The van der Waals surface area contributed by atoms with Crippen molar-refractivity contribution in [3.63, 3.8) is 0 Å². The van der Waals surface area contributed by atoms with Gasteiger partial charge < -0.3 is 4.74 Å². The van der Waals surface area contributed by atoms with Crippen LogP contribution in [0.5, 0.6) is 0 Å². The summed E-state index contributed by atoms with van der Waals surface area (Å²) >= 11 is 0. The number of hydrogen-bond donors (Lipinski definition) is 0. The van der Waals surface area contributed by atoms with Crippen molar-refractivity contribution >= 4 is 5.97 Å². The van der Waals surface area contributed by atoms with Gasteiger partial charge >= 0.3 is 5.97 Å². The SMILES string of the molecule is CCCCCCCC[C@H](C)CCC[C@H](C)[C@H](C)OC(=O)CC. The van der Waals surface area contributed by atoms with Crippen LogP contribution in [0.25, 0.3) is 0 Å². The topological polar surface area (TPSA) is 26.3 Å². The third-order valence-corrected chi connectivity index (χ3v) is 4.81. The molecule has 0 spiro atoms. The molecule has 0 saturated carbocycles. The van der Waals surface area contributed by atoms with E-state index in [0.29, 0.717) is 12.3 Å². The zero-order valence-corrected chi connectivity index (χ0v) is 15.8. The van der Waals surface area contributed by atoms with Crippen LogP contribution in [0.15, 0.2) is 0 Å². The summed E-state index contributed by atoms with van der Waals surface area (Å²) in [6.07, 6.45) is 14.0. The molecule has 2 heteroatoms. The van der Waals surface area contributed by atoms with E-state index in [-0.39, 0.29) is 12.1 Å². The molecule has 0 rings (SSSR count). The highest BCUT2D eigenvalue weighted by molar-refractivity contribution is 5.69. The van der Waals surface area contributed by atoms with E-state index < -0.39 is 0 Å². The van der Waals surface area contributed by atoms with Gasteiger partial charge in [0.2, 0.25) is 0 Å². The molecule has 0 amide bonds. The maximum Gasteiger partial charge on any atom is 0.305 e. The zero-order chi connectivity index (χ0) is 16.8. The Hall–Kier alpha value is -0.530. The van der Waals surface area contributed by atoms with Crippen molar-refractivity contribution in [2.24, 2.45) is 11.8 Å². The molecule has 0 aliphatic heterocycles. The van der Waals surface area contributed by atoms with Crippen molar-refractivity contribution in [1.82, 2.24) is 0 Å². The maximum atomic E-state index is 11.3. The minimum atomic E-state index is -0.0733. The van der Waals surface area contributed by atoms with E-state index in [4.69, 9.17) is 4.74 Å². The summed E-state index contributed by atoms with van der Waals surface area (Å²) in [6.45, 7) is 10.7. The normalized spacial score (nSPS) is 15.3. The van der Waals surface area contributed by atoms with E-state index in [0.717, 1.165) is 5.92 Å². The highest BCUT2D eigenvalue weighted by atomic mass is 16.5. The van der Waals surface area contributed by atoms with E-state index in [1.54, 1.807) is 0 Å². The Morgan fingerprint density at radius 1 is 0.818 bits per heavy atom. The van der Waals surface area contributed by atoms with Gasteiger partial charge in [0.1, 0.15) is 6.10 Å². The minimum Gasteiger partial charge on any atom is -0.462 e. The Morgan fingerprint density at radius 2 is 1.41 bits per heavy atom. The average Bonchev–Trinajstić information content (AvgIpc) is 2.50.